The van der Waals surface area contributed by atoms with E-state index in [4.69, 9.17) is 4.42 Å². The van der Waals surface area contributed by atoms with Crippen molar-refractivity contribution in [2.75, 3.05) is 4.90 Å². The number of nitro benzene ring substituents is 1. The number of fused-ring (bicyclic) bond motifs is 2. The second kappa shape index (κ2) is 7.35. The third kappa shape index (κ3) is 3.06. The molecule has 1 aliphatic rings. The van der Waals surface area contributed by atoms with Gasteiger partial charge in [-0.25, -0.2) is 4.98 Å². The van der Waals surface area contributed by atoms with Gasteiger partial charge in [0.15, 0.2) is 10.6 Å². The molecule has 0 radical (unpaired) electrons. The molecular weight excluding hydrogens is 498 g/mol. The minimum atomic E-state index is -0.817. The van der Waals surface area contributed by atoms with Crippen LogP contribution in [0.2, 0.25) is 0 Å². The summed E-state index contributed by atoms with van der Waals surface area (Å²) in [5.74, 6) is -0.516. The fourth-order valence-corrected chi connectivity index (χ4v) is 5.09. The lowest BCUT2D eigenvalue weighted by atomic mass is 9.98. The van der Waals surface area contributed by atoms with Gasteiger partial charge in [-0.05, 0) is 49.7 Å². The number of carbonyl (C=O) groups excluding carboxylic acids is 1. The van der Waals surface area contributed by atoms with E-state index in [1.54, 1.807) is 30.3 Å². The van der Waals surface area contributed by atoms with Crippen molar-refractivity contribution in [2.45, 2.75) is 19.9 Å². The monoisotopic (exact) mass is 511 g/mol. The number of amides is 1. The lowest BCUT2D eigenvalue weighted by Gasteiger charge is -2.22. The van der Waals surface area contributed by atoms with Gasteiger partial charge in [0, 0.05) is 21.5 Å². The summed E-state index contributed by atoms with van der Waals surface area (Å²) < 4.78 is 6.62. The van der Waals surface area contributed by atoms with Crippen LogP contribution in [0.15, 0.2) is 56.1 Å². The molecule has 8 nitrogen and oxygen atoms in total. The van der Waals surface area contributed by atoms with Crippen LogP contribution in [0.4, 0.5) is 10.8 Å². The number of non-ortho nitro benzene ring substituents is 1. The fourth-order valence-electron chi connectivity index (χ4n) is 3.79. The normalized spacial score (nSPS) is 15.4. The summed E-state index contributed by atoms with van der Waals surface area (Å²) >= 11 is 4.71. The number of rotatable bonds is 3. The first-order valence-corrected chi connectivity index (χ1v) is 11.2. The van der Waals surface area contributed by atoms with Crippen LogP contribution in [0, 0.1) is 24.0 Å². The van der Waals surface area contributed by atoms with Gasteiger partial charge >= 0.3 is 0 Å². The molecule has 0 saturated heterocycles. The van der Waals surface area contributed by atoms with Crippen molar-refractivity contribution in [3.63, 3.8) is 0 Å². The standard InChI is InChI=1S/C22H14BrN3O5S/c1-10-11(2)32-22(24-10)25-18(12-3-6-14(7-4-12)26(29)30)17-19(27)15-9-13(23)5-8-16(15)31-20(17)21(25)28/h3-9,18H,1-2H3. The van der Waals surface area contributed by atoms with Crippen LogP contribution in [0.3, 0.4) is 0 Å². The van der Waals surface area contributed by atoms with Gasteiger partial charge in [-0.2, -0.15) is 0 Å². The number of thiazole rings is 1. The molecule has 10 heteroatoms. The van der Waals surface area contributed by atoms with Crippen LogP contribution in [-0.4, -0.2) is 15.8 Å². The van der Waals surface area contributed by atoms with Crippen molar-refractivity contribution in [2.24, 2.45) is 0 Å². The van der Waals surface area contributed by atoms with Crippen LogP contribution in [0.25, 0.3) is 11.0 Å². The molecular formula is C22H14BrN3O5S. The molecule has 0 saturated carbocycles. The van der Waals surface area contributed by atoms with Gasteiger partial charge < -0.3 is 4.42 Å². The molecule has 32 heavy (non-hydrogen) atoms. The first-order valence-electron chi connectivity index (χ1n) is 9.54. The molecule has 1 unspecified atom stereocenters. The minimum absolute atomic E-state index is 0.0429. The van der Waals surface area contributed by atoms with Crippen LogP contribution >= 0.6 is 27.3 Å². The molecule has 1 atom stereocenters. The van der Waals surface area contributed by atoms with Crippen molar-refractivity contribution in [3.05, 3.63) is 94.7 Å². The summed E-state index contributed by atoms with van der Waals surface area (Å²) in [7, 11) is 0. The molecule has 0 aliphatic carbocycles. The van der Waals surface area contributed by atoms with Gasteiger partial charge in [0.1, 0.15) is 5.58 Å². The summed E-state index contributed by atoms with van der Waals surface area (Å²) in [6.45, 7) is 3.75. The number of nitrogens with zero attached hydrogens (tertiary/aromatic N) is 3. The van der Waals surface area contributed by atoms with E-state index in [9.17, 15) is 19.7 Å². The van der Waals surface area contributed by atoms with Crippen molar-refractivity contribution in [1.29, 1.82) is 0 Å². The summed E-state index contributed by atoms with van der Waals surface area (Å²) in [5, 5.41) is 11.9. The Labute approximate surface area is 193 Å². The highest BCUT2D eigenvalue weighted by Crippen LogP contribution is 2.43. The van der Waals surface area contributed by atoms with Crippen molar-refractivity contribution in [3.8, 4) is 0 Å². The lowest BCUT2D eigenvalue weighted by Crippen LogP contribution is -2.29. The molecule has 5 rings (SSSR count). The first-order chi connectivity index (χ1) is 15.3. The molecule has 4 aromatic rings. The Balaban J connectivity index is 1.79. The maximum atomic E-state index is 13.5. The number of benzene rings is 2. The van der Waals surface area contributed by atoms with E-state index < -0.39 is 16.9 Å². The molecule has 0 N–H and O–H groups in total. The van der Waals surface area contributed by atoms with Crippen LogP contribution in [0.5, 0.6) is 0 Å². The summed E-state index contributed by atoms with van der Waals surface area (Å²) in [6, 6.07) is 10.0. The second-order valence-corrected chi connectivity index (χ2v) is 9.48. The van der Waals surface area contributed by atoms with Crippen LogP contribution < -0.4 is 10.3 Å². The Kier molecular flexibility index (Phi) is 4.72. The van der Waals surface area contributed by atoms with Crippen LogP contribution in [-0.2, 0) is 0 Å². The predicted molar refractivity (Wildman–Crippen MR) is 124 cm³/mol. The van der Waals surface area contributed by atoms with E-state index in [0.29, 0.717) is 26.1 Å². The number of anilines is 1. The van der Waals surface area contributed by atoms with E-state index in [1.807, 2.05) is 13.8 Å². The minimum Gasteiger partial charge on any atom is -0.450 e. The molecule has 160 valence electrons. The van der Waals surface area contributed by atoms with Gasteiger partial charge in [-0.15, -0.1) is 11.3 Å². The fraction of sp³-hybridized carbons (Fsp3) is 0.136. The van der Waals surface area contributed by atoms with Gasteiger partial charge in [0.2, 0.25) is 5.76 Å². The number of carbonyl (C=O) groups is 1. The summed E-state index contributed by atoms with van der Waals surface area (Å²) in [4.78, 5) is 44.5. The molecule has 1 amide bonds. The summed E-state index contributed by atoms with van der Waals surface area (Å²) in [5.41, 5.74) is 1.42. The Hall–Kier alpha value is -3.37. The zero-order valence-corrected chi connectivity index (χ0v) is 19.2. The Morgan fingerprint density at radius 1 is 1.16 bits per heavy atom. The van der Waals surface area contributed by atoms with E-state index in [-0.39, 0.29) is 22.4 Å². The maximum absolute atomic E-state index is 13.5. The Bertz CT molecular complexity index is 1470. The van der Waals surface area contributed by atoms with Crippen molar-refractivity contribution in [1.82, 2.24) is 4.98 Å². The maximum Gasteiger partial charge on any atom is 0.297 e. The number of hydrogen-bond donors (Lipinski definition) is 0. The molecule has 2 aromatic carbocycles. The highest BCUT2D eigenvalue weighted by atomic mass is 79.9. The highest BCUT2D eigenvalue weighted by Gasteiger charge is 2.45. The SMILES string of the molecule is Cc1nc(N2C(=O)c3oc4ccc(Br)cc4c(=O)c3C2c2ccc([N+](=O)[O-])cc2)sc1C. The number of hydrogen-bond acceptors (Lipinski definition) is 7. The predicted octanol–water partition coefficient (Wildman–Crippen LogP) is 5.29. The van der Waals surface area contributed by atoms with E-state index in [2.05, 4.69) is 20.9 Å². The molecule has 0 spiro atoms. The van der Waals surface area contributed by atoms with E-state index >= 15 is 0 Å². The highest BCUT2D eigenvalue weighted by molar-refractivity contribution is 9.10. The number of aryl methyl sites for hydroxylation is 2. The quantitative estimate of drug-likeness (QED) is 0.273. The van der Waals surface area contributed by atoms with Crippen LogP contribution in [0.1, 0.15) is 38.3 Å². The first kappa shape index (κ1) is 20.5. The topological polar surface area (TPSA) is 107 Å². The van der Waals surface area contributed by atoms with E-state index in [0.717, 1.165) is 10.6 Å². The average molecular weight is 512 g/mol. The third-order valence-electron chi connectivity index (χ3n) is 5.48. The van der Waals surface area contributed by atoms with Gasteiger partial charge in [0.05, 0.1) is 27.6 Å². The molecule has 0 fully saturated rings. The average Bonchev–Trinajstić information content (AvgIpc) is 3.25. The van der Waals surface area contributed by atoms with Crippen molar-refractivity contribution < 1.29 is 14.1 Å². The largest absolute Gasteiger partial charge is 0.450 e. The van der Waals surface area contributed by atoms with E-state index in [1.165, 1.54) is 28.4 Å². The van der Waals surface area contributed by atoms with Crippen molar-refractivity contribution >= 4 is 55.0 Å². The molecule has 0 bridgehead atoms. The van der Waals surface area contributed by atoms with Gasteiger partial charge in [-0.3, -0.25) is 24.6 Å². The van der Waals surface area contributed by atoms with Gasteiger partial charge in [-0.1, -0.05) is 15.9 Å². The Morgan fingerprint density at radius 2 is 1.88 bits per heavy atom. The zero-order chi connectivity index (χ0) is 22.7. The number of halogens is 1. The summed E-state index contributed by atoms with van der Waals surface area (Å²) in [6.07, 6.45) is 0. The molecule has 3 heterocycles. The Morgan fingerprint density at radius 3 is 2.50 bits per heavy atom. The third-order valence-corrected chi connectivity index (χ3v) is 7.04. The lowest BCUT2D eigenvalue weighted by molar-refractivity contribution is -0.384. The zero-order valence-electron chi connectivity index (χ0n) is 16.8. The molecule has 2 aromatic heterocycles. The van der Waals surface area contributed by atoms with Gasteiger partial charge in [0.25, 0.3) is 11.6 Å². The molecule has 1 aliphatic heterocycles. The number of nitro groups is 1. The second-order valence-electron chi connectivity index (χ2n) is 7.38. The number of aromatic nitrogens is 1. The smallest absolute Gasteiger partial charge is 0.297 e.